The average molecular weight is 368 g/mol. The van der Waals surface area contributed by atoms with Gasteiger partial charge in [0, 0.05) is 17.9 Å². The molecule has 5 nitrogen and oxygen atoms in total. The summed E-state index contributed by atoms with van der Waals surface area (Å²) in [5.74, 6) is -1.28. The van der Waals surface area contributed by atoms with Gasteiger partial charge in [0.1, 0.15) is 0 Å². The van der Waals surface area contributed by atoms with Crippen molar-refractivity contribution in [3.8, 4) is 11.1 Å². The van der Waals surface area contributed by atoms with Crippen LogP contribution in [0.1, 0.15) is 32.8 Å². The second-order valence-electron chi connectivity index (χ2n) is 6.30. The van der Waals surface area contributed by atoms with Crippen molar-refractivity contribution in [2.75, 3.05) is 19.8 Å². The van der Waals surface area contributed by atoms with Gasteiger partial charge < -0.3 is 20.1 Å². The molecule has 1 atom stereocenters. The number of Topliss-reactive ketones (excluding diaryl/α,β-unsaturated/α-hetero) is 1. The van der Waals surface area contributed by atoms with E-state index in [1.807, 2.05) is 68.4 Å². The summed E-state index contributed by atoms with van der Waals surface area (Å²) >= 11 is 0. The van der Waals surface area contributed by atoms with E-state index in [2.05, 4.69) is 12.1 Å². The third-order valence-corrected chi connectivity index (χ3v) is 4.56. The predicted molar refractivity (Wildman–Crippen MR) is 105 cm³/mol. The number of hydrogen-bond donors (Lipinski definition) is 1. The van der Waals surface area contributed by atoms with Gasteiger partial charge in [0.25, 0.3) is 0 Å². The second-order valence-corrected chi connectivity index (χ2v) is 6.30. The fourth-order valence-corrected chi connectivity index (χ4v) is 3.17. The van der Waals surface area contributed by atoms with Crippen molar-refractivity contribution in [2.24, 2.45) is 5.92 Å². The lowest BCUT2D eigenvalue weighted by Crippen LogP contribution is -2.66. The third-order valence-electron chi connectivity index (χ3n) is 4.56. The molecule has 144 valence electrons. The van der Waals surface area contributed by atoms with Crippen LogP contribution in [0, 0.1) is 5.92 Å². The van der Waals surface area contributed by atoms with E-state index in [4.69, 9.17) is 15.0 Å². The van der Waals surface area contributed by atoms with Gasteiger partial charge in [-0.1, -0.05) is 75.4 Å². The lowest BCUT2D eigenvalue weighted by atomic mass is 9.91. The maximum absolute atomic E-state index is 12.0. The molecule has 0 aliphatic carbocycles. The summed E-state index contributed by atoms with van der Waals surface area (Å²) in [6, 6.07) is 18.2. The molecule has 1 N–H and O–H groups in total. The fraction of sp³-hybridized carbons (Fsp3) is 0.409. The Hall–Kier alpha value is -2.37. The van der Waals surface area contributed by atoms with Gasteiger partial charge in [-0.25, -0.2) is 0 Å². The summed E-state index contributed by atoms with van der Waals surface area (Å²) in [6.07, 6.45) is 0.415. The highest BCUT2D eigenvalue weighted by Gasteiger charge is 2.41. The van der Waals surface area contributed by atoms with Gasteiger partial charge in [-0.3, -0.25) is 4.79 Å². The van der Waals surface area contributed by atoms with E-state index in [-0.39, 0.29) is 18.2 Å². The molecule has 1 saturated heterocycles. The molecular formula is C22H28N2O3. The standard InChI is InChI=1S/C20H22N2O3.C2H6/c1-15(19(23)14-22-21)13-20(24-11-12-25-20)18-9-7-17(8-10-18)16-5-3-2-4-6-16;1-2/h2-10,15,22H,11-14H2,1H3;1-2H3/t15-;/m0./s1. The van der Waals surface area contributed by atoms with Crippen molar-refractivity contribution in [2.45, 2.75) is 33.0 Å². The minimum absolute atomic E-state index is 0.0792. The van der Waals surface area contributed by atoms with E-state index < -0.39 is 5.79 Å². The van der Waals surface area contributed by atoms with Crippen LogP contribution in [0.4, 0.5) is 0 Å². The number of ketones is 1. The Morgan fingerprint density at radius 2 is 1.59 bits per heavy atom. The molecule has 5 heteroatoms. The molecule has 0 amide bonds. The van der Waals surface area contributed by atoms with Crippen LogP contribution >= 0.6 is 0 Å². The van der Waals surface area contributed by atoms with E-state index in [1.165, 1.54) is 0 Å². The Labute approximate surface area is 161 Å². The van der Waals surface area contributed by atoms with E-state index in [0.29, 0.717) is 19.6 Å². The first kappa shape index (κ1) is 20.9. The monoisotopic (exact) mass is 368 g/mol. The van der Waals surface area contributed by atoms with Gasteiger partial charge in [-0.05, 0) is 11.1 Å². The summed E-state index contributed by atoms with van der Waals surface area (Å²) in [6.45, 7) is 6.74. The van der Waals surface area contributed by atoms with Gasteiger partial charge >= 0.3 is 0 Å². The summed E-state index contributed by atoms with van der Waals surface area (Å²) in [5, 5.41) is 1.92. The molecule has 1 heterocycles. The molecule has 2 aromatic carbocycles. The Bertz CT molecular complexity index is 723. The van der Waals surface area contributed by atoms with Crippen LogP contribution in [0.2, 0.25) is 0 Å². The number of nitrogens with zero attached hydrogens (tertiary/aromatic N) is 1. The molecule has 0 aromatic heterocycles. The zero-order valence-electron chi connectivity index (χ0n) is 16.3. The van der Waals surface area contributed by atoms with Gasteiger partial charge in [0.05, 0.1) is 13.2 Å². The van der Waals surface area contributed by atoms with Crippen molar-refractivity contribution < 1.29 is 19.4 Å². The smallest absolute Gasteiger partial charge is 0.199 e. The topological polar surface area (TPSA) is 71.8 Å². The van der Waals surface area contributed by atoms with Gasteiger partial charge in [0.15, 0.2) is 18.1 Å². The zero-order valence-corrected chi connectivity index (χ0v) is 16.3. The zero-order chi connectivity index (χ0) is 19.7. The van der Waals surface area contributed by atoms with Crippen molar-refractivity contribution in [3.63, 3.8) is 0 Å². The number of carbonyl (C=O) groups is 1. The number of benzene rings is 2. The van der Waals surface area contributed by atoms with Crippen LogP contribution in [-0.4, -0.2) is 25.5 Å². The molecule has 1 aliphatic rings. The highest BCUT2D eigenvalue weighted by atomic mass is 16.7. The van der Waals surface area contributed by atoms with Crippen molar-refractivity contribution in [1.29, 1.82) is 0 Å². The van der Waals surface area contributed by atoms with Crippen molar-refractivity contribution in [1.82, 2.24) is 0 Å². The Morgan fingerprint density at radius 1 is 1.04 bits per heavy atom. The number of nitrogens with one attached hydrogen (secondary N) is 1. The maximum Gasteiger partial charge on any atom is 0.199 e. The first-order valence-electron chi connectivity index (χ1n) is 9.48. The van der Waals surface area contributed by atoms with Crippen LogP contribution in [0.3, 0.4) is 0 Å². The van der Waals surface area contributed by atoms with Crippen LogP contribution < -0.4 is 5.11 Å². The van der Waals surface area contributed by atoms with E-state index in [0.717, 1.165) is 16.7 Å². The number of hydrogen-bond acceptors (Lipinski definition) is 3. The van der Waals surface area contributed by atoms with E-state index >= 15 is 0 Å². The van der Waals surface area contributed by atoms with Crippen LogP contribution in [0.15, 0.2) is 54.6 Å². The molecule has 0 bridgehead atoms. The van der Waals surface area contributed by atoms with E-state index in [1.54, 1.807) is 0 Å². The molecule has 0 radical (unpaired) electrons. The Kier molecular flexibility index (Phi) is 7.82. The minimum Gasteiger partial charge on any atom is -0.508 e. The number of ether oxygens (including phenoxy) is 2. The fourth-order valence-electron chi connectivity index (χ4n) is 3.17. The summed E-state index contributed by atoms with van der Waals surface area (Å²) in [4.78, 5) is 12.0. The first-order chi connectivity index (χ1) is 13.1. The molecule has 2 aromatic rings. The third kappa shape index (κ3) is 5.08. The molecule has 3 rings (SSSR count). The van der Waals surface area contributed by atoms with Crippen LogP contribution in [-0.2, 0) is 20.1 Å². The quantitative estimate of drug-likeness (QED) is 0.763. The molecule has 0 saturated carbocycles. The number of carbonyl (C=O) groups excluding carboxylic acids is 1. The molecule has 1 aliphatic heterocycles. The number of rotatable bonds is 7. The summed E-state index contributed by atoms with van der Waals surface area (Å²) in [7, 11) is 0. The average Bonchev–Trinajstić information content (AvgIpc) is 3.20. The highest BCUT2D eigenvalue weighted by Crippen LogP contribution is 2.38. The molecule has 27 heavy (non-hydrogen) atoms. The normalized spacial score (nSPS) is 16.1. The molecule has 0 spiro atoms. The SMILES string of the molecule is CC.C[C@@H](CC1(c2ccc(-c3ccccc3)cc2)OCCO1)C(=O)C[NH+]=[N-]. The minimum atomic E-state index is -0.903. The molecule has 0 unspecified atom stereocenters. The lowest BCUT2D eigenvalue weighted by molar-refractivity contribution is -0.468. The maximum atomic E-state index is 12.0. The largest absolute Gasteiger partial charge is 0.508 e. The molecule has 1 fully saturated rings. The predicted octanol–water partition coefficient (Wildman–Crippen LogP) is 3.28. The van der Waals surface area contributed by atoms with Gasteiger partial charge in [0.2, 0.25) is 0 Å². The van der Waals surface area contributed by atoms with Crippen LogP contribution in [0.25, 0.3) is 16.7 Å². The Balaban J connectivity index is 0.00000126. The Morgan fingerprint density at radius 3 is 2.15 bits per heavy atom. The summed E-state index contributed by atoms with van der Waals surface area (Å²) < 4.78 is 11.8. The summed E-state index contributed by atoms with van der Waals surface area (Å²) in [5.41, 5.74) is 11.9. The van der Waals surface area contributed by atoms with Crippen molar-refractivity contribution >= 4 is 5.78 Å². The van der Waals surface area contributed by atoms with Crippen LogP contribution in [0.5, 0.6) is 0 Å². The second kappa shape index (κ2) is 10.1. The molecular weight excluding hydrogens is 340 g/mol. The van der Waals surface area contributed by atoms with E-state index in [9.17, 15) is 4.79 Å². The first-order valence-corrected chi connectivity index (χ1v) is 9.48. The lowest BCUT2D eigenvalue weighted by Gasteiger charge is -2.30. The highest BCUT2D eigenvalue weighted by molar-refractivity contribution is 5.81. The van der Waals surface area contributed by atoms with Gasteiger partial charge in [-0.2, -0.15) is 0 Å². The van der Waals surface area contributed by atoms with Crippen molar-refractivity contribution in [3.05, 3.63) is 65.7 Å². The van der Waals surface area contributed by atoms with Gasteiger partial charge in [-0.15, -0.1) is 0 Å².